The number of nitro groups is 1. The first-order valence-electron chi connectivity index (χ1n) is 6.20. The molecule has 0 aliphatic heterocycles. The average Bonchev–Trinajstić information content (AvgIpc) is 2.49. The zero-order valence-corrected chi connectivity index (χ0v) is 11.0. The van der Waals surface area contributed by atoms with Crippen molar-refractivity contribution in [1.82, 2.24) is 0 Å². The molecule has 2 aromatic carbocycles. The summed E-state index contributed by atoms with van der Waals surface area (Å²) >= 11 is 0. The van der Waals surface area contributed by atoms with E-state index in [1.807, 2.05) is 6.07 Å². The molecule has 0 aliphatic rings. The summed E-state index contributed by atoms with van der Waals surface area (Å²) in [6.45, 7) is 0.0515. The quantitative estimate of drug-likeness (QED) is 0.672. The molecule has 0 amide bonds. The molecule has 6 heteroatoms. The number of hydrogen-bond donors (Lipinski definition) is 1. The lowest BCUT2D eigenvalue weighted by atomic mass is 10.1. The van der Waals surface area contributed by atoms with E-state index in [9.17, 15) is 10.1 Å². The Bertz CT molecular complexity index is 690. The Kier molecular flexibility index (Phi) is 4.49. The van der Waals surface area contributed by atoms with Crippen LogP contribution in [0.15, 0.2) is 42.5 Å². The fraction of sp³-hybridized carbons (Fsp3) is 0.133. The van der Waals surface area contributed by atoms with Gasteiger partial charge in [-0.05, 0) is 30.2 Å². The number of ether oxygens (including phenoxy) is 1. The summed E-state index contributed by atoms with van der Waals surface area (Å²) in [5, 5.41) is 28.7. The van der Waals surface area contributed by atoms with Crippen LogP contribution >= 0.6 is 0 Å². The van der Waals surface area contributed by atoms with Gasteiger partial charge >= 0.3 is 5.69 Å². The molecule has 0 unspecified atom stereocenters. The maximum Gasteiger partial charge on any atom is 0.311 e. The third-order valence-electron chi connectivity index (χ3n) is 2.84. The van der Waals surface area contributed by atoms with Crippen LogP contribution in [-0.4, -0.2) is 16.6 Å². The molecule has 0 saturated heterocycles. The summed E-state index contributed by atoms with van der Waals surface area (Å²) in [5.41, 5.74) is 1.02. The summed E-state index contributed by atoms with van der Waals surface area (Å²) in [6.07, 6.45) is 0.532. The van der Waals surface area contributed by atoms with E-state index in [4.69, 9.17) is 15.1 Å². The van der Waals surface area contributed by atoms with Crippen molar-refractivity contribution >= 4 is 5.69 Å². The van der Waals surface area contributed by atoms with Gasteiger partial charge in [-0.1, -0.05) is 12.1 Å². The third kappa shape index (κ3) is 3.55. The van der Waals surface area contributed by atoms with Crippen LogP contribution in [0.2, 0.25) is 0 Å². The largest absolute Gasteiger partial charge is 0.450 e. The predicted octanol–water partition coefficient (Wildman–Crippen LogP) is 2.79. The van der Waals surface area contributed by atoms with E-state index in [0.717, 1.165) is 5.56 Å². The van der Waals surface area contributed by atoms with Gasteiger partial charge in [-0.3, -0.25) is 10.1 Å². The lowest BCUT2D eigenvalue weighted by Crippen LogP contribution is -1.95. The third-order valence-corrected chi connectivity index (χ3v) is 2.84. The Labute approximate surface area is 121 Å². The standard InChI is InChI=1S/C15H12N2O4/c16-10-12-3-6-14(17(19)20)15(9-12)21-13-4-1-11(2-5-13)7-8-18/h1-6,9,18H,7-8H2. The van der Waals surface area contributed by atoms with Gasteiger partial charge in [0, 0.05) is 18.7 Å². The number of aliphatic hydroxyl groups is 1. The molecular formula is C15H12N2O4. The first-order chi connectivity index (χ1) is 10.1. The molecule has 0 spiro atoms. The molecule has 0 aromatic heterocycles. The second-order valence-corrected chi connectivity index (χ2v) is 4.27. The second kappa shape index (κ2) is 6.50. The summed E-state index contributed by atoms with van der Waals surface area (Å²) < 4.78 is 5.49. The molecule has 6 nitrogen and oxygen atoms in total. The summed E-state index contributed by atoms with van der Waals surface area (Å²) in [6, 6.07) is 12.7. The monoisotopic (exact) mass is 284 g/mol. The van der Waals surface area contributed by atoms with E-state index in [0.29, 0.717) is 12.2 Å². The molecule has 106 valence electrons. The Balaban J connectivity index is 2.29. The first kappa shape index (κ1) is 14.5. The highest BCUT2D eigenvalue weighted by atomic mass is 16.6. The van der Waals surface area contributed by atoms with Gasteiger partial charge in [0.15, 0.2) is 0 Å². The van der Waals surface area contributed by atoms with E-state index >= 15 is 0 Å². The van der Waals surface area contributed by atoms with Crippen molar-refractivity contribution in [1.29, 1.82) is 5.26 Å². The van der Waals surface area contributed by atoms with Crippen molar-refractivity contribution in [2.24, 2.45) is 0 Å². The number of aliphatic hydroxyl groups excluding tert-OH is 1. The van der Waals surface area contributed by atoms with E-state index in [1.54, 1.807) is 24.3 Å². The molecule has 1 N–H and O–H groups in total. The van der Waals surface area contributed by atoms with Gasteiger partial charge in [-0.25, -0.2) is 0 Å². The number of rotatable bonds is 5. The molecular weight excluding hydrogens is 272 g/mol. The second-order valence-electron chi connectivity index (χ2n) is 4.27. The normalized spacial score (nSPS) is 9.90. The summed E-state index contributed by atoms with van der Waals surface area (Å²) in [4.78, 5) is 10.4. The topological polar surface area (TPSA) is 96.4 Å². The van der Waals surface area contributed by atoms with Crippen LogP contribution in [0, 0.1) is 21.4 Å². The van der Waals surface area contributed by atoms with Crippen molar-refractivity contribution in [3.63, 3.8) is 0 Å². The van der Waals surface area contributed by atoms with Crippen LogP contribution in [-0.2, 0) is 6.42 Å². The lowest BCUT2D eigenvalue weighted by Gasteiger charge is -2.07. The highest BCUT2D eigenvalue weighted by molar-refractivity contribution is 5.53. The molecule has 2 aromatic rings. The van der Waals surface area contributed by atoms with Gasteiger partial charge in [0.05, 0.1) is 16.6 Å². The van der Waals surface area contributed by atoms with E-state index in [1.165, 1.54) is 18.2 Å². The Morgan fingerprint density at radius 3 is 2.52 bits per heavy atom. The molecule has 2 rings (SSSR count). The van der Waals surface area contributed by atoms with Crippen LogP contribution < -0.4 is 4.74 Å². The maximum absolute atomic E-state index is 11.0. The summed E-state index contributed by atoms with van der Waals surface area (Å²) in [5.74, 6) is 0.448. The van der Waals surface area contributed by atoms with E-state index in [2.05, 4.69) is 0 Å². The van der Waals surface area contributed by atoms with Crippen molar-refractivity contribution in [3.05, 3.63) is 63.7 Å². The molecule has 21 heavy (non-hydrogen) atoms. The lowest BCUT2D eigenvalue weighted by molar-refractivity contribution is -0.385. The Morgan fingerprint density at radius 2 is 1.95 bits per heavy atom. The van der Waals surface area contributed by atoms with Gasteiger partial charge in [0.25, 0.3) is 0 Å². The van der Waals surface area contributed by atoms with E-state index < -0.39 is 4.92 Å². The van der Waals surface area contributed by atoms with Crippen LogP contribution in [0.25, 0.3) is 0 Å². The molecule has 0 radical (unpaired) electrons. The Hall–Kier alpha value is -2.91. The van der Waals surface area contributed by atoms with E-state index in [-0.39, 0.29) is 23.6 Å². The number of benzene rings is 2. The van der Waals surface area contributed by atoms with Gasteiger partial charge in [0.1, 0.15) is 5.75 Å². The summed E-state index contributed by atoms with van der Waals surface area (Å²) in [7, 11) is 0. The average molecular weight is 284 g/mol. The van der Waals surface area contributed by atoms with Crippen molar-refractivity contribution in [3.8, 4) is 17.6 Å². The van der Waals surface area contributed by atoms with Crippen LogP contribution in [0.3, 0.4) is 0 Å². The fourth-order valence-corrected chi connectivity index (χ4v) is 1.80. The van der Waals surface area contributed by atoms with Crippen LogP contribution in [0.1, 0.15) is 11.1 Å². The minimum Gasteiger partial charge on any atom is -0.450 e. The minimum atomic E-state index is -0.559. The minimum absolute atomic E-state index is 0.0222. The number of hydrogen-bond acceptors (Lipinski definition) is 5. The van der Waals surface area contributed by atoms with Crippen LogP contribution in [0.4, 0.5) is 5.69 Å². The number of nitrogens with zero attached hydrogens (tertiary/aromatic N) is 2. The van der Waals surface area contributed by atoms with Crippen molar-refractivity contribution < 1.29 is 14.8 Å². The zero-order valence-electron chi connectivity index (χ0n) is 11.0. The van der Waals surface area contributed by atoms with Crippen molar-refractivity contribution in [2.45, 2.75) is 6.42 Å². The number of nitro benzene ring substituents is 1. The Morgan fingerprint density at radius 1 is 1.24 bits per heavy atom. The van der Waals surface area contributed by atoms with Crippen LogP contribution in [0.5, 0.6) is 11.5 Å². The van der Waals surface area contributed by atoms with Gasteiger partial charge in [0.2, 0.25) is 5.75 Å². The molecule has 0 heterocycles. The molecule has 0 fully saturated rings. The highest BCUT2D eigenvalue weighted by Crippen LogP contribution is 2.32. The van der Waals surface area contributed by atoms with Gasteiger partial charge < -0.3 is 9.84 Å². The zero-order chi connectivity index (χ0) is 15.2. The molecule has 0 atom stereocenters. The predicted molar refractivity (Wildman–Crippen MR) is 75.1 cm³/mol. The smallest absolute Gasteiger partial charge is 0.311 e. The van der Waals surface area contributed by atoms with Gasteiger partial charge in [-0.2, -0.15) is 5.26 Å². The first-order valence-corrected chi connectivity index (χ1v) is 6.20. The molecule has 0 saturated carbocycles. The number of nitriles is 1. The van der Waals surface area contributed by atoms with Gasteiger partial charge in [-0.15, -0.1) is 0 Å². The SMILES string of the molecule is N#Cc1ccc([N+](=O)[O-])c(Oc2ccc(CCO)cc2)c1. The van der Waals surface area contributed by atoms with Crippen molar-refractivity contribution in [2.75, 3.05) is 6.61 Å². The molecule has 0 aliphatic carbocycles. The fourth-order valence-electron chi connectivity index (χ4n) is 1.80. The highest BCUT2D eigenvalue weighted by Gasteiger charge is 2.16. The maximum atomic E-state index is 11.0. The molecule has 0 bridgehead atoms.